The minimum absolute atomic E-state index is 0.0914. The van der Waals surface area contributed by atoms with Gasteiger partial charge in [-0.1, -0.05) is 36.5 Å². The molecule has 0 bridgehead atoms. The normalized spacial score (nSPS) is 19.5. The van der Waals surface area contributed by atoms with Crippen LogP contribution < -0.4 is 11.1 Å². The molecule has 0 aliphatic carbocycles. The number of nitrogen functional groups attached to an aromatic ring is 1. The molecule has 1 aromatic rings. The van der Waals surface area contributed by atoms with Gasteiger partial charge in [0.05, 0.1) is 22.9 Å². The summed E-state index contributed by atoms with van der Waals surface area (Å²) in [5, 5.41) is 3.62. The van der Waals surface area contributed by atoms with Crippen molar-refractivity contribution in [3.63, 3.8) is 0 Å². The summed E-state index contributed by atoms with van der Waals surface area (Å²) in [7, 11) is 0. The maximum Gasteiger partial charge on any atom is 0.238 e. The second kappa shape index (κ2) is 7.34. The molecule has 1 aliphatic rings. The molecule has 0 aromatic heterocycles. The molecule has 3 N–H and O–H groups in total. The summed E-state index contributed by atoms with van der Waals surface area (Å²) in [6.45, 7) is 3.50. The van der Waals surface area contributed by atoms with Crippen molar-refractivity contribution in [2.24, 2.45) is 0 Å². The molecule has 116 valence electrons. The first-order valence-corrected chi connectivity index (χ1v) is 8.05. The van der Waals surface area contributed by atoms with Gasteiger partial charge in [-0.25, -0.2) is 0 Å². The summed E-state index contributed by atoms with van der Waals surface area (Å²) in [6, 6.07) is 3.64. The molecule has 1 heterocycles. The predicted molar refractivity (Wildman–Crippen MR) is 89.0 cm³/mol. The highest BCUT2D eigenvalue weighted by Crippen LogP contribution is 2.32. The van der Waals surface area contributed by atoms with Gasteiger partial charge >= 0.3 is 0 Å². The van der Waals surface area contributed by atoms with E-state index in [-0.39, 0.29) is 5.91 Å². The van der Waals surface area contributed by atoms with E-state index in [9.17, 15) is 4.79 Å². The Hall–Kier alpha value is -0.970. The van der Waals surface area contributed by atoms with Crippen molar-refractivity contribution < 1.29 is 4.79 Å². The number of halogens is 2. The van der Waals surface area contributed by atoms with Crippen LogP contribution in [0.25, 0.3) is 0 Å². The van der Waals surface area contributed by atoms with Gasteiger partial charge in [-0.3, -0.25) is 9.69 Å². The lowest BCUT2D eigenvalue weighted by Gasteiger charge is -2.34. The van der Waals surface area contributed by atoms with Gasteiger partial charge in [-0.15, -0.1) is 0 Å². The van der Waals surface area contributed by atoms with Crippen molar-refractivity contribution in [1.82, 2.24) is 4.90 Å². The van der Waals surface area contributed by atoms with Crippen LogP contribution in [0.5, 0.6) is 0 Å². The summed E-state index contributed by atoms with van der Waals surface area (Å²) in [5.74, 6) is -0.0914. The maximum absolute atomic E-state index is 12.2. The van der Waals surface area contributed by atoms with Gasteiger partial charge in [-0.2, -0.15) is 0 Å². The molecule has 1 amide bonds. The lowest BCUT2D eigenvalue weighted by Crippen LogP contribution is -2.43. The lowest BCUT2D eigenvalue weighted by atomic mass is 10.00. The van der Waals surface area contributed by atoms with Crippen LogP contribution in [0.2, 0.25) is 10.0 Å². The number of carbonyl (C=O) groups is 1. The number of likely N-dealkylation sites (tertiary alicyclic amines) is 1. The quantitative estimate of drug-likeness (QED) is 0.826. The van der Waals surface area contributed by atoms with Crippen molar-refractivity contribution in [1.29, 1.82) is 0 Å². The molecular formula is C15H21Cl2N3O. The van der Waals surface area contributed by atoms with Gasteiger partial charge in [-0.05, 0) is 37.9 Å². The number of hydrogen-bond acceptors (Lipinski definition) is 3. The third-order valence-corrected chi connectivity index (χ3v) is 4.43. The highest BCUT2D eigenvalue weighted by atomic mass is 35.5. The lowest BCUT2D eigenvalue weighted by molar-refractivity contribution is -0.118. The van der Waals surface area contributed by atoms with Crippen molar-refractivity contribution >= 4 is 40.5 Å². The van der Waals surface area contributed by atoms with Crippen molar-refractivity contribution in [3.8, 4) is 0 Å². The van der Waals surface area contributed by atoms with Gasteiger partial charge < -0.3 is 11.1 Å². The first-order valence-electron chi connectivity index (χ1n) is 7.29. The van der Waals surface area contributed by atoms with Crippen LogP contribution in [0.3, 0.4) is 0 Å². The molecule has 1 aromatic carbocycles. The van der Waals surface area contributed by atoms with Crippen LogP contribution >= 0.6 is 23.2 Å². The third-order valence-electron chi connectivity index (χ3n) is 3.92. The standard InChI is InChI=1S/C15H21Cl2N3O/c1-2-11-5-3-4-6-20(11)9-14(21)19-15-12(17)7-10(16)8-13(15)18/h7-8,11H,2-6,9,18H2,1H3,(H,19,21). The molecule has 21 heavy (non-hydrogen) atoms. The minimum Gasteiger partial charge on any atom is -0.397 e. The molecule has 1 atom stereocenters. The number of nitrogens with zero attached hydrogens (tertiary/aromatic N) is 1. The van der Waals surface area contributed by atoms with Crippen LogP contribution in [0.1, 0.15) is 32.6 Å². The van der Waals surface area contributed by atoms with Crippen molar-refractivity contribution in [2.75, 3.05) is 24.1 Å². The van der Waals surface area contributed by atoms with Crippen molar-refractivity contribution in [3.05, 3.63) is 22.2 Å². The van der Waals surface area contributed by atoms with Gasteiger partial charge in [0, 0.05) is 11.1 Å². The second-order valence-corrected chi connectivity index (χ2v) is 6.27. The number of amides is 1. The van der Waals surface area contributed by atoms with E-state index < -0.39 is 0 Å². The van der Waals surface area contributed by atoms with E-state index >= 15 is 0 Å². The van der Waals surface area contributed by atoms with Crippen LogP contribution in [-0.2, 0) is 4.79 Å². The van der Waals surface area contributed by atoms with E-state index in [1.807, 2.05) is 0 Å². The molecule has 1 fully saturated rings. The zero-order chi connectivity index (χ0) is 15.4. The summed E-state index contributed by atoms with van der Waals surface area (Å²) in [5.41, 5.74) is 6.68. The second-order valence-electron chi connectivity index (χ2n) is 5.43. The largest absolute Gasteiger partial charge is 0.397 e. The summed E-state index contributed by atoms with van der Waals surface area (Å²) in [4.78, 5) is 14.5. The molecule has 0 saturated carbocycles. The fraction of sp³-hybridized carbons (Fsp3) is 0.533. The Morgan fingerprint density at radius 2 is 2.19 bits per heavy atom. The number of nitrogens with two attached hydrogens (primary N) is 1. The Kier molecular flexibility index (Phi) is 5.73. The monoisotopic (exact) mass is 329 g/mol. The molecule has 0 radical (unpaired) electrons. The average molecular weight is 330 g/mol. The highest BCUT2D eigenvalue weighted by molar-refractivity contribution is 6.37. The van der Waals surface area contributed by atoms with Crippen LogP contribution in [-0.4, -0.2) is 29.9 Å². The van der Waals surface area contributed by atoms with Gasteiger partial charge in [0.15, 0.2) is 0 Å². The molecule has 6 heteroatoms. The zero-order valence-electron chi connectivity index (χ0n) is 12.2. The van der Waals surface area contributed by atoms with Crippen molar-refractivity contribution in [2.45, 2.75) is 38.6 Å². The smallest absolute Gasteiger partial charge is 0.238 e. The van der Waals surface area contributed by atoms with E-state index in [1.165, 1.54) is 6.42 Å². The molecule has 1 saturated heterocycles. The first-order chi connectivity index (χ1) is 10.0. The van der Waals surface area contributed by atoms with Crippen LogP contribution in [0.4, 0.5) is 11.4 Å². The van der Waals surface area contributed by atoms with E-state index in [4.69, 9.17) is 28.9 Å². The number of nitrogens with one attached hydrogen (secondary N) is 1. The Morgan fingerprint density at radius 3 is 2.86 bits per heavy atom. The Bertz CT molecular complexity index is 499. The average Bonchev–Trinajstić information content (AvgIpc) is 2.43. The van der Waals surface area contributed by atoms with Gasteiger partial charge in [0.25, 0.3) is 0 Å². The third kappa shape index (κ3) is 4.25. The molecule has 4 nitrogen and oxygen atoms in total. The van der Waals surface area contributed by atoms with Crippen LogP contribution in [0.15, 0.2) is 12.1 Å². The number of benzene rings is 1. The van der Waals surface area contributed by atoms with E-state index in [2.05, 4.69) is 17.1 Å². The zero-order valence-corrected chi connectivity index (χ0v) is 13.7. The van der Waals surface area contributed by atoms with Crippen LogP contribution in [0, 0.1) is 0 Å². The van der Waals surface area contributed by atoms with E-state index in [0.717, 1.165) is 25.8 Å². The summed E-state index contributed by atoms with van der Waals surface area (Å²) < 4.78 is 0. The molecule has 1 unspecified atom stereocenters. The fourth-order valence-corrected chi connectivity index (χ4v) is 3.38. The molecule has 0 spiro atoms. The highest BCUT2D eigenvalue weighted by Gasteiger charge is 2.23. The topological polar surface area (TPSA) is 58.4 Å². The summed E-state index contributed by atoms with van der Waals surface area (Å²) in [6.07, 6.45) is 4.62. The molecule has 1 aliphatic heterocycles. The number of anilines is 2. The molecular weight excluding hydrogens is 309 g/mol. The van der Waals surface area contributed by atoms with E-state index in [1.54, 1.807) is 12.1 Å². The molecule has 2 rings (SSSR count). The first kappa shape index (κ1) is 16.4. The Morgan fingerprint density at radius 1 is 1.43 bits per heavy atom. The van der Waals surface area contributed by atoms with Gasteiger partial charge in [0.2, 0.25) is 5.91 Å². The SMILES string of the molecule is CCC1CCCCN1CC(=O)Nc1c(N)cc(Cl)cc1Cl. The predicted octanol–water partition coefficient (Wildman–Crippen LogP) is 3.78. The van der Waals surface area contributed by atoms with Gasteiger partial charge in [0.1, 0.15) is 0 Å². The number of piperidine rings is 1. The number of hydrogen-bond donors (Lipinski definition) is 2. The van der Waals surface area contributed by atoms with E-state index in [0.29, 0.717) is 34.0 Å². The number of carbonyl (C=O) groups excluding carboxylic acids is 1. The fourth-order valence-electron chi connectivity index (χ4n) is 2.82. The maximum atomic E-state index is 12.2. The Labute approximate surface area is 135 Å². The Balaban J connectivity index is 2.01. The summed E-state index contributed by atoms with van der Waals surface area (Å²) >= 11 is 12.0. The minimum atomic E-state index is -0.0914. The number of rotatable bonds is 4.